The summed E-state index contributed by atoms with van der Waals surface area (Å²) >= 11 is 0. The second kappa shape index (κ2) is 9.62. The van der Waals surface area contributed by atoms with Crippen LogP contribution in [0, 0.1) is 5.82 Å². The van der Waals surface area contributed by atoms with E-state index in [0.717, 1.165) is 10.8 Å². The molecule has 1 saturated heterocycles. The lowest BCUT2D eigenvalue weighted by atomic mass is 9.78. The summed E-state index contributed by atoms with van der Waals surface area (Å²) in [6, 6.07) is 1.75. The first-order valence-corrected chi connectivity index (χ1v) is 13.5. The van der Waals surface area contributed by atoms with Gasteiger partial charge in [-0.3, -0.25) is 28.2 Å². The Morgan fingerprint density at radius 2 is 1.84 bits per heavy atom. The number of phosphoric acid groups is 1. The van der Waals surface area contributed by atoms with Gasteiger partial charge in [-0.1, -0.05) is 41.5 Å². The largest absolute Gasteiger partial charge is 0.530 e. The van der Waals surface area contributed by atoms with Crippen molar-refractivity contribution in [2.75, 3.05) is 6.61 Å². The smallest absolute Gasteiger partial charge is 0.403 e. The normalized spacial score (nSPS) is 24.0. The lowest BCUT2D eigenvalue weighted by molar-refractivity contribution is -0.0266. The number of rotatable bonds is 5. The summed E-state index contributed by atoms with van der Waals surface area (Å²) in [6.45, 7) is 11.2. The van der Waals surface area contributed by atoms with Gasteiger partial charge in [0.15, 0.2) is 6.29 Å². The van der Waals surface area contributed by atoms with Crippen LogP contribution in [0.1, 0.15) is 87.7 Å². The summed E-state index contributed by atoms with van der Waals surface area (Å²) in [5.41, 5.74) is -1.18. The number of nitrogens with one attached hydrogen (secondary N) is 1. The average molecular weight is 539 g/mol. The Morgan fingerprint density at radius 1 is 1.16 bits per heavy atom. The van der Waals surface area contributed by atoms with Crippen LogP contribution in [-0.2, 0) is 35.8 Å². The van der Waals surface area contributed by atoms with Crippen LogP contribution in [0.25, 0.3) is 0 Å². The number of benzene rings is 1. The highest BCUT2D eigenvalue weighted by atomic mass is 31.2. The predicted molar refractivity (Wildman–Crippen MR) is 133 cm³/mol. The van der Waals surface area contributed by atoms with Crippen molar-refractivity contribution in [2.24, 2.45) is 0 Å². The molecule has 1 aromatic heterocycles. The van der Waals surface area contributed by atoms with Gasteiger partial charge in [0.05, 0.1) is 30.4 Å². The van der Waals surface area contributed by atoms with E-state index in [1.54, 1.807) is 6.07 Å². The van der Waals surface area contributed by atoms with E-state index in [4.69, 9.17) is 18.3 Å². The van der Waals surface area contributed by atoms with Crippen LogP contribution in [0.5, 0.6) is 5.75 Å². The van der Waals surface area contributed by atoms with Gasteiger partial charge in [0.2, 0.25) is 0 Å². The molecule has 2 aliphatic heterocycles. The fraction of sp³-hybridized carbons (Fsp3) is 0.560. The molecule has 2 aromatic rings. The molecule has 4 rings (SSSR count). The van der Waals surface area contributed by atoms with E-state index in [2.05, 4.69) is 4.98 Å². The van der Waals surface area contributed by atoms with Crippen LogP contribution in [0.4, 0.5) is 4.39 Å². The molecule has 10 nitrogen and oxygen atoms in total. The first-order chi connectivity index (χ1) is 17.1. The lowest BCUT2D eigenvalue weighted by Gasteiger charge is -2.33. The predicted octanol–water partition coefficient (Wildman–Crippen LogP) is 4.49. The van der Waals surface area contributed by atoms with Gasteiger partial charge in [0.1, 0.15) is 17.8 Å². The number of aromatic nitrogens is 2. The zero-order valence-electron chi connectivity index (χ0n) is 21.8. The molecule has 3 unspecified atom stereocenters. The number of aldehydes is 1. The second-order valence-corrected chi connectivity index (χ2v) is 13.0. The van der Waals surface area contributed by atoms with Crippen LogP contribution >= 0.6 is 7.82 Å². The van der Waals surface area contributed by atoms with Gasteiger partial charge >= 0.3 is 13.5 Å². The summed E-state index contributed by atoms with van der Waals surface area (Å²) in [7, 11) is -4.10. The number of fused-ring (bicyclic) bond motifs is 1. The molecule has 1 N–H and O–H groups in total. The van der Waals surface area contributed by atoms with Gasteiger partial charge in [-0.2, -0.15) is 0 Å². The number of nitrogens with zero attached hydrogens (tertiary/aromatic N) is 1. The molecular formula is C25H32FN2O8P. The monoisotopic (exact) mass is 538 g/mol. The topological polar surface area (TPSA) is 126 Å². The van der Waals surface area contributed by atoms with Crippen LogP contribution < -0.4 is 15.8 Å². The summed E-state index contributed by atoms with van der Waals surface area (Å²) in [5, 5.41) is 0. The van der Waals surface area contributed by atoms with Crippen molar-refractivity contribution >= 4 is 14.1 Å². The minimum atomic E-state index is -4.10. The number of carbonyl (C=O) groups is 1. The van der Waals surface area contributed by atoms with Gasteiger partial charge in [0.25, 0.3) is 5.56 Å². The lowest BCUT2D eigenvalue weighted by Crippen LogP contribution is -2.34. The zero-order chi connectivity index (χ0) is 27.3. The quantitative estimate of drug-likeness (QED) is 0.436. The third kappa shape index (κ3) is 5.50. The molecule has 0 saturated carbocycles. The highest BCUT2D eigenvalue weighted by Crippen LogP contribution is 2.58. The van der Waals surface area contributed by atoms with Crippen LogP contribution in [0.15, 0.2) is 21.9 Å². The van der Waals surface area contributed by atoms with Crippen molar-refractivity contribution in [2.45, 2.75) is 84.2 Å². The number of phosphoric ester groups is 1. The van der Waals surface area contributed by atoms with Gasteiger partial charge in [-0.25, -0.2) is 13.8 Å². The summed E-state index contributed by atoms with van der Waals surface area (Å²) in [5.74, 6) is -0.288. The average Bonchev–Trinajstić information content (AvgIpc) is 3.25. The van der Waals surface area contributed by atoms with Gasteiger partial charge < -0.3 is 9.26 Å². The molecule has 0 bridgehead atoms. The van der Waals surface area contributed by atoms with E-state index < -0.39 is 48.1 Å². The third-order valence-electron chi connectivity index (χ3n) is 6.43. The van der Waals surface area contributed by atoms with E-state index in [1.165, 1.54) is 0 Å². The number of carbonyl (C=O) groups excluding carboxylic acids is 1. The molecule has 1 aromatic carbocycles. The van der Waals surface area contributed by atoms with Crippen LogP contribution in [-0.4, -0.2) is 28.5 Å². The Bertz CT molecular complexity index is 1390. The third-order valence-corrected chi connectivity index (χ3v) is 7.75. The maximum Gasteiger partial charge on any atom is 0.530 e. The Morgan fingerprint density at radius 3 is 2.46 bits per heavy atom. The van der Waals surface area contributed by atoms with E-state index in [-0.39, 0.29) is 30.1 Å². The maximum absolute atomic E-state index is 15.4. The Labute approximate surface area is 213 Å². The SMILES string of the molecule is CC(C)(C)c1cc(C(C)(C)C)c2c(c1F)COP(=O)(OCC1CCC(n3cc(C=O)c(=O)[nH]c3=O)O1)O2. The van der Waals surface area contributed by atoms with Gasteiger partial charge in [-0.15, -0.1) is 0 Å². The number of aromatic amines is 1. The summed E-state index contributed by atoms with van der Waals surface area (Å²) in [4.78, 5) is 36.9. The first-order valence-electron chi connectivity index (χ1n) is 12.0. The molecule has 0 radical (unpaired) electrons. The minimum Gasteiger partial charge on any atom is -0.403 e. The number of hydrogen-bond acceptors (Lipinski definition) is 8. The minimum absolute atomic E-state index is 0.166. The van der Waals surface area contributed by atoms with Crippen molar-refractivity contribution in [1.29, 1.82) is 0 Å². The van der Waals surface area contributed by atoms with Gasteiger partial charge in [-0.05, 0) is 35.3 Å². The number of halogens is 1. The molecular weight excluding hydrogens is 506 g/mol. The van der Waals surface area contributed by atoms with Gasteiger partial charge in [0, 0.05) is 11.8 Å². The fourth-order valence-corrected chi connectivity index (χ4v) is 5.61. The highest BCUT2D eigenvalue weighted by Gasteiger charge is 2.41. The van der Waals surface area contributed by atoms with Crippen LogP contribution in [0.2, 0.25) is 0 Å². The molecule has 0 spiro atoms. The van der Waals surface area contributed by atoms with Crippen LogP contribution in [0.3, 0.4) is 0 Å². The Kier molecular flexibility index (Phi) is 7.13. The van der Waals surface area contributed by atoms with Crippen molar-refractivity contribution in [3.05, 3.63) is 61.2 Å². The molecule has 0 aliphatic carbocycles. The fourth-order valence-electron chi connectivity index (χ4n) is 4.37. The standard InChI is InChI=1S/C25H32FN2O8P/c1-24(2,3)17-9-18(25(4,5)6)21-16(20(17)26)13-34-37(32,36-21)33-12-15-7-8-19(35-15)28-10-14(11-29)22(30)27-23(28)31/h9-11,15,19H,7-8,12-13H2,1-6H3,(H,27,30,31). The second-order valence-electron chi connectivity index (χ2n) is 11.4. The molecule has 0 amide bonds. The zero-order valence-corrected chi connectivity index (χ0v) is 22.6. The van der Waals surface area contributed by atoms with Crippen molar-refractivity contribution in [3.63, 3.8) is 0 Å². The van der Waals surface area contributed by atoms with Crippen molar-refractivity contribution in [1.82, 2.24) is 9.55 Å². The number of H-pyrrole nitrogens is 1. The molecule has 202 valence electrons. The van der Waals surface area contributed by atoms with Crippen molar-refractivity contribution in [3.8, 4) is 5.75 Å². The Balaban J connectivity index is 1.52. The maximum atomic E-state index is 15.4. The van der Waals surface area contributed by atoms with E-state index in [1.807, 2.05) is 41.5 Å². The molecule has 37 heavy (non-hydrogen) atoms. The number of ether oxygens (including phenoxy) is 1. The highest BCUT2D eigenvalue weighted by molar-refractivity contribution is 7.49. The molecule has 2 aliphatic rings. The van der Waals surface area contributed by atoms with Crippen molar-refractivity contribution < 1.29 is 32.1 Å². The molecule has 12 heteroatoms. The summed E-state index contributed by atoms with van der Waals surface area (Å²) < 4.78 is 52.5. The Hall–Kier alpha value is -2.59. The van der Waals surface area contributed by atoms with E-state index >= 15 is 4.39 Å². The number of hydrogen-bond donors (Lipinski definition) is 1. The van der Waals surface area contributed by atoms with E-state index in [0.29, 0.717) is 30.3 Å². The summed E-state index contributed by atoms with van der Waals surface area (Å²) in [6.07, 6.45) is 1.02. The van der Waals surface area contributed by atoms with E-state index in [9.17, 15) is 18.9 Å². The molecule has 3 heterocycles. The molecule has 1 fully saturated rings. The molecule has 3 atom stereocenters. The first kappa shape index (κ1) is 27.4.